The first-order valence-corrected chi connectivity index (χ1v) is 7.74. The Kier molecular flexibility index (Phi) is 13.3. The molecule has 0 aliphatic heterocycles. The van der Waals surface area contributed by atoms with E-state index in [1.165, 1.54) is 0 Å². The van der Waals surface area contributed by atoms with Gasteiger partial charge >= 0.3 is 0 Å². The van der Waals surface area contributed by atoms with Crippen LogP contribution < -0.4 is 0 Å². The van der Waals surface area contributed by atoms with Gasteiger partial charge < -0.3 is 10.2 Å². The Morgan fingerprint density at radius 3 is 1.50 bits per heavy atom. The second kappa shape index (κ2) is 14.2. The van der Waals surface area contributed by atoms with Crippen molar-refractivity contribution >= 4 is 0 Å². The van der Waals surface area contributed by atoms with Crippen molar-refractivity contribution in [3.8, 4) is 23.7 Å². The first-order valence-electron chi connectivity index (χ1n) is 7.74. The van der Waals surface area contributed by atoms with Crippen molar-refractivity contribution in [3.63, 3.8) is 0 Å². The summed E-state index contributed by atoms with van der Waals surface area (Å²) in [5.74, 6) is 11.1. The monoisotopic (exact) mass is 276 g/mol. The molecule has 0 aromatic carbocycles. The zero-order valence-corrected chi connectivity index (χ0v) is 12.9. The van der Waals surface area contributed by atoms with Crippen LogP contribution in [-0.4, -0.2) is 22.4 Å². The van der Waals surface area contributed by atoms with Gasteiger partial charge in [-0.15, -0.1) is 0 Å². The zero-order chi connectivity index (χ0) is 15.1. The molecule has 0 heterocycles. The minimum Gasteiger partial charge on any atom is -0.380 e. The lowest BCUT2D eigenvalue weighted by molar-refractivity contribution is 0.217. The summed E-state index contributed by atoms with van der Waals surface area (Å²) in [5.41, 5.74) is 0. The molecule has 0 saturated carbocycles. The summed E-state index contributed by atoms with van der Waals surface area (Å²) in [6.45, 7) is 4.27. The Labute approximate surface area is 124 Å². The SMILES string of the molecule is CCCCCC(O)C#C/C=C\C#CC(O)CCCCC. The molecule has 0 fully saturated rings. The lowest BCUT2D eigenvalue weighted by Crippen LogP contribution is -2.01. The first-order chi connectivity index (χ1) is 9.70. The summed E-state index contributed by atoms with van der Waals surface area (Å²) in [5, 5.41) is 19.1. The molecule has 0 aliphatic carbocycles. The van der Waals surface area contributed by atoms with E-state index >= 15 is 0 Å². The molecule has 112 valence electrons. The van der Waals surface area contributed by atoms with Crippen molar-refractivity contribution < 1.29 is 10.2 Å². The van der Waals surface area contributed by atoms with Crippen LogP contribution in [0.15, 0.2) is 12.2 Å². The highest BCUT2D eigenvalue weighted by atomic mass is 16.3. The Bertz CT molecular complexity index is 326. The van der Waals surface area contributed by atoms with Gasteiger partial charge in [0.2, 0.25) is 0 Å². The minimum atomic E-state index is -0.543. The van der Waals surface area contributed by atoms with E-state index in [9.17, 15) is 10.2 Å². The highest BCUT2D eigenvalue weighted by molar-refractivity contribution is 5.26. The van der Waals surface area contributed by atoms with Gasteiger partial charge in [-0.25, -0.2) is 0 Å². The number of aliphatic hydroxyl groups excluding tert-OH is 2. The maximum atomic E-state index is 9.56. The van der Waals surface area contributed by atoms with Crippen LogP contribution in [0.5, 0.6) is 0 Å². The summed E-state index contributed by atoms with van der Waals surface area (Å²) in [6.07, 6.45) is 10.2. The van der Waals surface area contributed by atoms with Crippen molar-refractivity contribution in [3.05, 3.63) is 12.2 Å². The molecule has 0 amide bonds. The topological polar surface area (TPSA) is 40.5 Å². The summed E-state index contributed by atoms with van der Waals surface area (Å²) >= 11 is 0. The molecule has 0 radical (unpaired) electrons. The van der Waals surface area contributed by atoms with Gasteiger partial charge in [0.05, 0.1) is 0 Å². The van der Waals surface area contributed by atoms with Crippen LogP contribution in [0, 0.1) is 23.7 Å². The average Bonchev–Trinajstić information content (AvgIpc) is 2.43. The van der Waals surface area contributed by atoms with Crippen molar-refractivity contribution in [2.24, 2.45) is 0 Å². The Balaban J connectivity index is 3.85. The molecule has 0 saturated heterocycles. The standard InChI is InChI=1S/C18H28O2/c1-3-5-9-13-17(19)15-11-7-8-12-16-18(20)14-10-6-4-2/h7-8,17-20H,3-6,9-10,13-14H2,1-2H3/b8-7-. The maximum Gasteiger partial charge on any atom is 0.115 e. The first kappa shape index (κ1) is 18.8. The molecular weight excluding hydrogens is 248 g/mol. The molecule has 2 atom stereocenters. The normalized spacial score (nSPS) is 13.2. The van der Waals surface area contributed by atoms with Crippen LogP contribution in [0.2, 0.25) is 0 Å². The average molecular weight is 276 g/mol. The van der Waals surface area contributed by atoms with Crippen LogP contribution in [0.3, 0.4) is 0 Å². The predicted molar refractivity (Wildman–Crippen MR) is 85.0 cm³/mol. The largest absolute Gasteiger partial charge is 0.380 e. The Morgan fingerprint density at radius 2 is 1.15 bits per heavy atom. The highest BCUT2D eigenvalue weighted by Gasteiger charge is 1.97. The highest BCUT2D eigenvalue weighted by Crippen LogP contribution is 2.02. The van der Waals surface area contributed by atoms with E-state index in [1.54, 1.807) is 12.2 Å². The van der Waals surface area contributed by atoms with Gasteiger partial charge in [0.15, 0.2) is 0 Å². The molecule has 0 rings (SSSR count). The molecule has 0 aliphatic rings. The molecule has 20 heavy (non-hydrogen) atoms. The Morgan fingerprint density at radius 1 is 0.750 bits per heavy atom. The smallest absolute Gasteiger partial charge is 0.115 e. The van der Waals surface area contributed by atoms with Gasteiger partial charge in [-0.1, -0.05) is 63.2 Å². The Hall–Kier alpha value is -1.22. The third kappa shape index (κ3) is 13.2. The summed E-state index contributed by atoms with van der Waals surface area (Å²) in [6, 6.07) is 0. The fraction of sp³-hybridized carbons (Fsp3) is 0.667. The van der Waals surface area contributed by atoms with E-state index in [4.69, 9.17) is 0 Å². The third-order valence-corrected chi connectivity index (χ3v) is 2.91. The maximum absolute atomic E-state index is 9.56. The minimum absolute atomic E-state index is 0.543. The fourth-order valence-electron chi connectivity index (χ4n) is 1.69. The molecule has 2 unspecified atom stereocenters. The number of hydrogen-bond donors (Lipinski definition) is 2. The summed E-state index contributed by atoms with van der Waals surface area (Å²) in [7, 11) is 0. The van der Waals surface area contributed by atoms with E-state index in [-0.39, 0.29) is 0 Å². The predicted octanol–water partition coefficient (Wildman–Crippen LogP) is 3.43. The lowest BCUT2D eigenvalue weighted by atomic mass is 10.1. The second-order valence-corrected chi connectivity index (χ2v) is 4.93. The number of aliphatic hydroxyl groups is 2. The molecule has 2 heteroatoms. The van der Waals surface area contributed by atoms with Crippen LogP contribution in [0.1, 0.15) is 65.2 Å². The van der Waals surface area contributed by atoms with Gasteiger partial charge in [0.25, 0.3) is 0 Å². The van der Waals surface area contributed by atoms with E-state index in [0.717, 1.165) is 51.4 Å². The summed E-state index contributed by atoms with van der Waals surface area (Å²) in [4.78, 5) is 0. The number of unbranched alkanes of at least 4 members (excludes halogenated alkanes) is 4. The number of hydrogen-bond acceptors (Lipinski definition) is 2. The molecule has 0 spiro atoms. The van der Waals surface area contributed by atoms with Gasteiger partial charge in [-0.3, -0.25) is 0 Å². The van der Waals surface area contributed by atoms with Gasteiger partial charge in [-0.2, -0.15) is 0 Å². The zero-order valence-electron chi connectivity index (χ0n) is 12.9. The van der Waals surface area contributed by atoms with E-state index in [0.29, 0.717) is 0 Å². The third-order valence-electron chi connectivity index (χ3n) is 2.91. The van der Waals surface area contributed by atoms with Crippen LogP contribution >= 0.6 is 0 Å². The molecule has 2 N–H and O–H groups in total. The molecule has 2 nitrogen and oxygen atoms in total. The molecule has 0 aromatic rings. The summed E-state index contributed by atoms with van der Waals surface area (Å²) < 4.78 is 0. The van der Waals surface area contributed by atoms with Crippen molar-refractivity contribution in [2.45, 2.75) is 77.4 Å². The van der Waals surface area contributed by atoms with Crippen molar-refractivity contribution in [1.82, 2.24) is 0 Å². The fourth-order valence-corrected chi connectivity index (χ4v) is 1.69. The van der Waals surface area contributed by atoms with Crippen molar-refractivity contribution in [2.75, 3.05) is 0 Å². The quantitative estimate of drug-likeness (QED) is 0.527. The van der Waals surface area contributed by atoms with E-state index < -0.39 is 12.2 Å². The van der Waals surface area contributed by atoms with Gasteiger partial charge in [0, 0.05) is 0 Å². The van der Waals surface area contributed by atoms with E-state index in [2.05, 4.69) is 37.5 Å². The van der Waals surface area contributed by atoms with Crippen LogP contribution in [0.25, 0.3) is 0 Å². The molecule has 0 aromatic heterocycles. The van der Waals surface area contributed by atoms with Crippen LogP contribution in [0.4, 0.5) is 0 Å². The van der Waals surface area contributed by atoms with Crippen molar-refractivity contribution in [1.29, 1.82) is 0 Å². The number of allylic oxidation sites excluding steroid dienone is 2. The van der Waals surface area contributed by atoms with Gasteiger partial charge in [-0.05, 0) is 37.8 Å². The molecular formula is C18H28O2. The van der Waals surface area contributed by atoms with E-state index in [1.807, 2.05) is 0 Å². The van der Waals surface area contributed by atoms with Gasteiger partial charge in [0.1, 0.15) is 12.2 Å². The molecule has 0 bridgehead atoms. The number of rotatable bonds is 8. The second-order valence-electron chi connectivity index (χ2n) is 4.93. The lowest BCUT2D eigenvalue weighted by Gasteiger charge is -2.00. The van der Waals surface area contributed by atoms with Crippen LogP contribution in [-0.2, 0) is 0 Å².